The fourth-order valence-electron chi connectivity index (χ4n) is 1.64. The van der Waals surface area contributed by atoms with Crippen LogP contribution in [-0.4, -0.2) is 22.6 Å². The van der Waals surface area contributed by atoms with Crippen LogP contribution in [0.3, 0.4) is 0 Å². The Balaban J connectivity index is 2.76. The van der Waals surface area contributed by atoms with Crippen molar-refractivity contribution < 1.29 is 0 Å². The van der Waals surface area contributed by atoms with Crippen LogP contribution < -0.4 is 11.1 Å². The molecule has 0 fully saturated rings. The summed E-state index contributed by atoms with van der Waals surface area (Å²) >= 11 is 0. The minimum Gasteiger partial charge on any atom is -0.331 e. The van der Waals surface area contributed by atoms with Gasteiger partial charge in [-0.3, -0.25) is 0 Å². The maximum Gasteiger partial charge on any atom is 0.0951 e. The molecule has 15 heavy (non-hydrogen) atoms. The van der Waals surface area contributed by atoms with Crippen molar-refractivity contribution in [1.29, 1.82) is 0 Å². The third kappa shape index (κ3) is 3.04. The summed E-state index contributed by atoms with van der Waals surface area (Å²) in [4.78, 5) is 4.19. The van der Waals surface area contributed by atoms with Crippen molar-refractivity contribution in [2.75, 3.05) is 13.1 Å². The zero-order valence-corrected chi connectivity index (χ0v) is 9.90. The maximum atomic E-state index is 5.77. The monoisotopic (exact) mass is 210 g/mol. The van der Waals surface area contributed by atoms with Crippen LogP contribution in [0.1, 0.15) is 45.0 Å². The molecule has 1 aromatic heterocycles. The molecule has 3 N–H and O–H groups in total. The molecule has 0 spiro atoms. The number of hydrogen-bond donors (Lipinski definition) is 2. The van der Waals surface area contributed by atoms with Crippen LogP contribution in [0, 0.1) is 0 Å². The number of hydrogen-bond acceptors (Lipinski definition) is 3. The molecule has 0 aliphatic heterocycles. The van der Waals surface area contributed by atoms with Gasteiger partial charge in [-0.25, -0.2) is 4.98 Å². The van der Waals surface area contributed by atoms with Crippen molar-refractivity contribution in [2.45, 2.75) is 39.3 Å². The standard InChI is InChI=1S/C11H22N4/c1-4-5-14-10(6-12)11-7-13-8-15(11)9(2)3/h7-10,14H,4-6,12H2,1-3H3. The Morgan fingerprint density at radius 3 is 2.80 bits per heavy atom. The number of nitrogens with zero attached hydrogens (tertiary/aromatic N) is 2. The van der Waals surface area contributed by atoms with Crippen LogP contribution in [0.4, 0.5) is 0 Å². The Kier molecular flexibility index (Phi) is 4.78. The normalized spacial score (nSPS) is 13.4. The second-order valence-corrected chi connectivity index (χ2v) is 4.06. The molecule has 0 bridgehead atoms. The van der Waals surface area contributed by atoms with Gasteiger partial charge < -0.3 is 15.6 Å². The highest BCUT2D eigenvalue weighted by Gasteiger charge is 2.14. The molecule has 0 radical (unpaired) electrons. The molecule has 0 aliphatic rings. The number of rotatable bonds is 6. The third-order valence-corrected chi connectivity index (χ3v) is 2.49. The van der Waals surface area contributed by atoms with Crippen LogP contribution in [0.15, 0.2) is 12.5 Å². The van der Waals surface area contributed by atoms with Gasteiger partial charge in [0.1, 0.15) is 0 Å². The summed E-state index contributed by atoms with van der Waals surface area (Å²) in [6, 6.07) is 0.648. The summed E-state index contributed by atoms with van der Waals surface area (Å²) in [6.07, 6.45) is 4.89. The van der Waals surface area contributed by atoms with Crippen LogP contribution >= 0.6 is 0 Å². The van der Waals surface area contributed by atoms with E-state index in [1.807, 2.05) is 12.5 Å². The number of imidazole rings is 1. The quantitative estimate of drug-likeness (QED) is 0.747. The molecule has 0 aromatic carbocycles. The summed E-state index contributed by atoms with van der Waals surface area (Å²) in [5, 5.41) is 3.43. The lowest BCUT2D eigenvalue weighted by molar-refractivity contribution is 0.478. The van der Waals surface area contributed by atoms with Gasteiger partial charge in [0, 0.05) is 18.8 Å². The first kappa shape index (κ1) is 12.2. The topological polar surface area (TPSA) is 55.9 Å². The number of nitrogens with two attached hydrogens (primary N) is 1. The molecule has 4 nitrogen and oxygen atoms in total. The van der Waals surface area contributed by atoms with E-state index < -0.39 is 0 Å². The maximum absolute atomic E-state index is 5.77. The first-order chi connectivity index (χ1) is 7.20. The summed E-state index contributed by atoms with van der Waals surface area (Å²) in [7, 11) is 0. The lowest BCUT2D eigenvalue weighted by atomic mass is 10.2. The van der Waals surface area contributed by atoms with Crippen molar-refractivity contribution in [1.82, 2.24) is 14.9 Å². The van der Waals surface area contributed by atoms with Crippen LogP contribution in [0.2, 0.25) is 0 Å². The Morgan fingerprint density at radius 1 is 1.53 bits per heavy atom. The molecule has 0 saturated carbocycles. The molecule has 0 amide bonds. The molecule has 1 unspecified atom stereocenters. The van der Waals surface area contributed by atoms with E-state index in [4.69, 9.17) is 5.73 Å². The van der Waals surface area contributed by atoms with Gasteiger partial charge in [-0.15, -0.1) is 0 Å². The lowest BCUT2D eigenvalue weighted by Gasteiger charge is -2.20. The van der Waals surface area contributed by atoms with Crippen molar-refractivity contribution in [3.05, 3.63) is 18.2 Å². The van der Waals surface area contributed by atoms with E-state index in [1.54, 1.807) is 0 Å². The molecule has 4 heteroatoms. The summed E-state index contributed by atoms with van der Waals surface area (Å²) in [5.74, 6) is 0. The van der Waals surface area contributed by atoms with E-state index in [0.29, 0.717) is 12.6 Å². The average Bonchev–Trinajstić information content (AvgIpc) is 2.68. The van der Waals surface area contributed by atoms with Gasteiger partial charge in [0.25, 0.3) is 0 Å². The smallest absolute Gasteiger partial charge is 0.0951 e. The Morgan fingerprint density at radius 2 is 2.27 bits per heavy atom. The van der Waals surface area contributed by atoms with Gasteiger partial charge in [-0.05, 0) is 26.8 Å². The molecular weight excluding hydrogens is 188 g/mol. The molecule has 0 saturated heterocycles. The molecule has 1 atom stereocenters. The SMILES string of the molecule is CCCNC(CN)c1cncn1C(C)C. The second kappa shape index (κ2) is 5.88. The number of nitrogens with one attached hydrogen (secondary N) is 1. The van der Waals surface area contributed by atoms with E-state index in [0.717, 1.165) is 13.0 Å². The van der Waals surface area contributed by atoms with Crippen LogP contribution in [-0.2, 0) is 0 Å². The Hall–Kier alpha value is -0.870. The van der Waals surface area contributed by atoms with Gasteiger partial charge in [0.05, 0.1) is 18.1 Å². The van der Waals surface area contributed by atoms with Gasteiger partial charge in [0.15, 0.2) is 0 Å². The summed E-state index contributed by atoms with van der Waals surface area (Å²) in [5.41, 5.74) is 6.95. The van der Waals surface area contributed by atoms with Gasteiger partial charge >= 0.3 is 0 Å². The summed E-state index contributed by atoms with van der Waals surface area (Å²) < 4.78 is 2.17. The van der Waals surface area contributed by atoms with Crippen molar-refractivity contribution >= 4 is 0 Å². The summed E-state index contributed by atoms with van der Waals surface area (Å²) in [6.45, 7) is 8.06. The average molecular weight is 210 g/mol. The van der Waals surface area contributed by atoms with E-state index in [1.165, 1.54) is 5.69 Å². The van der Waals surface area contributed by atoms with Crippen LogP contribution in [0.5, 0.6) is 0 Å². The molecular formula is C11H22N4. The highest BCUT2D eigenvalue weighted by atomic mass is 15.1. The molecule has 1 heterocycles. The molecule has 1 aromatic rings. The zero-order valence-electron chi connectivity index (χ0n) is 9.90. The molecule has 1 rings (SSSR count). The minimum absolute atomic E-state index is 0.217. The molecule has 0 aliphatic carbocycles. The minimum atomic E-state index is 0.217. The second-order valence-electron chi connectivity index (χ2n) is 4.06. The van der Waals surface area contributed by atoms with Gasteiger partial charge in [-0.1, -0.05) is 6.92 Å². The van der Waals surface area contributed by atoms with Crippen molar-refractivity contribution in [3.8, 4) is 0 Å². The Labute approximate surface area is 91.9 Å². The zero-order chi connectivity index (χ0) is 11.3. The lowest BCUT2D eigenvalue weighted by Crippen LogP contribution is -2.30. The molecule has 86 valence electrons. The highest BCUT2D eigenvalue weighted by Crippen LogP contribution is 2.16. The largest absolute Gasteiger partial charge is 0.331 e. The predicted octanol–water partition coefficient (Wildman–Crippen LogP) is 1.46. The van der Waals surface area contributed by atoms with E-state index in [2.05, 4.69) is 35.6 Å². The third-order valence-electron chi connectivity index (χ3n) is 2.49. The predicted molar refractivity (Wildman–Crippen MR) is 62.7 cm³/mol. The van der Waals surface area contributed by atoms with Gasteiger partial charge in [-0.2, -0.15) is 0 Å². The van der Waals surface area contributed by atoms with E-state index >= 15 is 0 Å². The van der Waals surface area contributed by atoms with Gasteiger partial charge in [0.2, 0.25) is 0 Å². The van der Waals surface area contributed by atoms with Crippen LogP contribution in [0.25, 0.3) is 0 Å². The first-order valence-electron chi connectivity index (χ1n) is 5.65. The van der Waals surface area contributed by atoms with Crippen molar-refractivity contribution in [3.63, 3.8) is 0 Å². The number of aromatic nitrogens is 2. The first-order valence-corrected chi connectivity index (χ1v) is 5.65. The fraction of sp³-hybridized carbons (Fsp3) is 0.727. The highest BCUT2D eigenvalue weighted by molar-refractivity contribution is 5.07. The van der Waals surface area contributed by atoms with E-state index in [9.17, 15) is 0 Å². The fourth-order valence-corrected chi connectivity index (χ4v) is 1.64. The van der Waals surface area contributed by atoms with Crippen molar-refractivity contribution in [2.24, 2.45) is 5.73 Å². The van der Waals surface area contributed by atoms with E-state index in [-0.39, 0.29) is 6.04 Å². The Bertz CT molecular complexity index is 280.